The second-order valence-corrected chi connectivity index (χ2v) is 3.88. The quantitative estimate of drug-likeness (QED) is 0.858. The van der Waals surface area contributed by atoms with Gasteiger partial charge in [-0.2, -0.15) is 0 Å². The molecule has 0 radical (unpaired) electrons. The van der Waals surface area contributed by atoms with Gasteiger partial charge in [0.05, 0.1) is 7.11 Å². The summed E-state index contributed by atoms with van der Waals surface area (Å²) in [7, 11) is 1.54. The number of halogens is 1. The van der Waals surface area contributed by atoms with Crippen molar-refractivity contribution in [3.8, 4) is 22.6 Å². The average Bonchev–Trinajstić information content (AvgIpc) is 2.32. The lowest BCUT2D eigenvalue weighted by Gasteiger charge is -2.07. The number of rotatable bonds is 2. The number of aromatic hydroxyl groups is 1. The van der Waals surface area contributed by atoms with Crippen molar-refractivity contribution >= 4 is 0 Å². The van der Waals surface area contributed by atoms with Crippen molar-refractivity contribution in [3.63, 3.8) is 0 Å². The van der Waals surface area contributed by atoms with Gasteiger partial charge >= 0.3 is 0 Å². The maximum absolute atomic E-state index is 13.2. The van der Waals surface area contributed by atoms with Crippen LogP contribution < -0.4 is 4.74 Å². The summed E-state index contributed by atoms with van der Waals surface area (Å²) in [6.07, 6.45) is 0. The second-order valence-electron chi connectivity index (χ2n) is 3.88. The van der Waals surface area contributed by atoms with Gasteiger partial charge in [-0.3, -0.25) is 0 Å². The van der Waals surface area contributed by atoms with E-state index in [1.165, 1.54) is 19.2 Å². The molecule has 0 atom stereocenters. The van der Waals surface area contributed by atoms with Gasteiger partial charge in [0.25, 0.3) is 0 Å². The molecule has 0 aliphatic carbocycles. The van der Waals surface area contributed by atoms with Gasteiger partial charge in [-0.15, -0.1) is 0 Å². The highest BCUT2D eigenvalue weighted by atomic mass is 19.1. The summed E-state index contributed by atoms with van der Waals surface area (Å²) in [5, 5.41) is 9.56. The molecule has 17 heavy (non-hydrogen) atoms. The van der Waals surface area contributed by atoms with Crippen molar-refractivity contribution in [3.05, 3.63) is 47.8 Å². The Morgan fingerprint density at radius 3 is 2.47 bits per heavy atom. The summed E-state index contributed by atoms with van der Waals surface area (Å²) in [5.41, 5.74) is 2.22. The van der Waals surface area contributed by atoms with Gasteiger partial charge in [-0.25, -0.2) is 4.39 Å². The third-order valence-electron chi connectivity index (χ3n) is 2.62. The minimum Gasteiger partial charge on any atom is -0.508 e. The number of hydrogen-bond acceptors (Lipinski definition) is 2. The van der Waals surface area contributed by atoms with Crippen molar-refractivity contribution in [2.75, 3.05) is 7.11 Å². The van der Waals surface area contributed by atoms with Gasteiger partial charge in [0, 0.05) is 6.07 Å². The van der Waals surface area contributed by atoms with Crippen molar-refractivity contribution in [2.24, 2.45) is 0 Å². The molecular weight excluding hydrogens is 219 g/mol. The number of benzene rings is 2. The lowest BCUT2D eigenvalue weighted by molar-refractivity contribution is 0.408. The fourth-order valence-corrected chi connectivity index (χ4v) is 1.69. The number of methoxy groups -OCH3 is 1. The summed E-state index contributed by atoms with van der Waals surface area (Å²) in [4.78, 5) is 0. The summed E-state index contributed by atoms with van der Waals surface area (Å²) < 4.78 is 18.2. The molecule has 0 heterocycles. The first kappa shape index (κ1) is 11.5. The van der Waals surface area contributed by atoms with E-state index in [2.05, 4.69) is 0 Å². The van der Waals surface area contributed by atoms with Gasteiger partial charge in [-0.1, -0.05) is 6.07 Å². The molecular formula is C14H13FO2. The molecule has 0 bridgehead atoms. The molecule has 0 spiro atoms. The Balaban J connectivity index is 2.52. The van der Waals surface area contributed by atoms with Gasteiger partial charge in [0.15, 0.2) is 0 Å². The van der Waals surface area contributed by atoms with Gasteiger partial charge in [0.1, 0.15) is 17.3 Å². The first-order valence-electron chi connectivity index (χ1n) is 5.25. The Labute approximate surface area is 99.3 Å². The normalized spacial score (nSPS) is 10.3. The predicted octanol–water partition coefficient (Wildman–Crippen LogP) is 3.52. The van der Waals surface area contributed by atoms with Crippen LogP contribution in [0.2, 0.25) is 0 Å². The van der Waals surface area contributed by atoms with Crippen LogP contribution in [0.25, 0.3) is 11.1 Å². The Morgan fingerprint density at radius 1 is 1.06 bits per heavy atom. The van der Waals surface area contributed by atoms with Gasteiger partial charge in [0.2, 0.25) is 0 Å². The SMILES string of the molecule is COc1cc(O)cc(-c2ccc(F)c(C)c2)c1. The Bertz CT molecular complexity index is 550. The molecule has 2 nitrogen and oxygen atoms in total. The molecule has 0 saturated heterocycles. The zero-order chi connectivity index (χ0) is 12.4. The van der Waals surface area contributed by atoms with E-state index in [0.717, 1.165) is 11.1 Å². The zero-order valence-corrected chi connectivity index (χ0v) is 9.70. The van der Waals surface area contributed by atoms with Gasteiger partial charge in [-0.05, 0) is 47.9 Å². The van der Waals surface area contributed by atoms with E-state index >= 15 is 0 Å². The molecule has 0 aliphatic rings. The molecule has 0 unspecified atom stereocenters. The Morgan fingerprint density at radius 2 is 1.82 bits per heavy atom. The highest BCUT2D eigenvalue weighted by Crippen LogP contribution is 2.29. The van der Waals surface area contributed by atoms with E-state index in [9.17, 15) is 9.50 Å². The molecule has 2 aromatic carbocycles. The summed E-state index contributed by atoms with van der Waals surface area (Å²) in [6.45, 7) is 1.71. The van der Waals surface area contributed by atoms with E-state index in [4.69, 9.17) is 4.74 Å². The standard InChI is InChI=1S/C14H13FO2/c1-9-5-10(3-4-14(9)15)11-6-12(16)8-13(7-11)17-2/h3-8,16H,1-2H3. The topological polar surface area (TPSA) is 29.5 Å². The maximum Gasteiger partial charge on any atom is 0.126 e. The molecule has 3 heteroatoms. The fraction of sp³-hybridized carbons (Fsp3) is 0.143. The number of aryl methyl sites for hydroxylation is 1. The predicted molar refractivity (Wildman–Crippen MR) is 64.8 cm³/mol. The van der Waals surface area contributed by atoms with Crippen molar-refractivity contribution in [2.45, 2.75) is 6.92 Å². The van der Waals surface area contributed by atoms with E-state index in [1.54, 1.807) is 31.2 Å². The van der Waals surface area contributed by atoms with Crippen molar-refractivity contribution < 1.29 is 14.2 Å². The molecule has 88 valence electrons. The summed E-state index contributed by atoms with van der Waals surface area (Å²) in [5.74, 6) is 0.462. The van der Waals surface area contributed by atoms with Crippen LogP contribution in [-0.4, -0.2) is 12.2 Å². The van der Waals surface area contributed by atoms with Crippen LogP contribution in [0, 0.1) is 12.7 Å². The van der Waals surface area contributed by atoms with Crippen LogP contribution in [0.4, 0.5) is 4.39 Å². The molecule has 0 saturated carbocycles. The molecule has 1 N–H and O–H groups in total. The lowest BCUT2D eigenvalue weighted by atomic mass is 10.0. The van der Waals surface area contributed by atoms with Crippen LogP contribution >= 0.6 is 0 Å². The van der Waals surface area contributed by atoms with E-state index in [1.807, 2.05) is 0 Å². The fourth-order valence-electron chi connectivity index (χ4n) is 1.69. The second kappa shape index (κ2) is 4.45. The summed E-state index contributed by atoms with van der Waals surface area (Å²) >= 11 is 0. The molecule has 0 aromatic heterocycles. The van der Waals surface area contributed by atoms with Crippen LogP contribution in [0.3, 0.4) is 0 Å². The van der Waals surface area contributed by atoms with Crippen molar-refractivity contribution in [1.29, 1.82) is 0 Å². The molecule has 0 fully saturated rings. The molecule has 0 amide bonds. The van der Waals surface area contributed by atoms with Gasteiger partial charge < -0.3 is 9.84 Å². The van der Waals surface area contributed by atoms with Crippen LogP contribution in [0.5, 0.6) is 11.5 Å². The summed E-state index contributed by atoms with van der Waals surface area (Å²) in [6, 6.07) is 9.78. The van der Waals surface area contributed by atoms with E-state index < -0.39 is 0 Å². The van der Waals surface area contributed by atoms with Crippen LogP contribution in [0.15, 0.2) is 36.4 Å². The number of phenolic OH excluding ortho intramolecular Hbond substituents is 1. The monoisotopic (exact) mass is 232 g/mol. The highest BCUT2D eigenvalue weighted by molar-refractivity contribution is 5.67. The largest absolute Gasteiger partial charge is 0.508 e. The first-order chi connectivity index (χ1) is 8.10. The van der Waals surface area contributed by atoms with Crippen molar-refractivity contribution in [1.82, 2.24) is 0 Å². The minimum absolute atomic E-state index is 0.126. The smallest absolute Gasteiger partial charge is 0.126 e. The average molecular weight is 232 g/mol. The number of hydrogen-bond donors (Lipinski definition) is 1. The molecule has 2 rings (SSSR count). The Kier molecular flexibility index (Phi) is 3.00. The highest BCUT2D eigenvalue weighted by Gasteiger charge is 2.05. The van der Waals surface area contributed by atoms with Crippen LogP contribution in [0.1, 0.15) is 5.56 Å². The van der Waals surface area contributed by atoms with E-state index in [-0.39, 0.29) is 11.6 Å². The maximum atomic E-state index is 13.2. The van der Waals surface area contributed by atoms with Crippen LogP contribution in [-0.2, 0) is 0 Å². The molecule has 0 aliphatic heterocycles. The third kappa shape index (κ3) is 2.38. The number of phenols is 1. The number of ether oxygens (including phenoxy) is 1. The lowest BCUT2D eigenvalue weighted by Crippen LogP contribution is -1.87. The van der Waals surface area contributed by atoms with E-state index in [0.29, 0.717) is 11.3 Å². The molecule has 2 aromatic rings. The minimum atomic E-state index is -0.235. The Hall–Kier alpha value is -2.03. The first-order valence-corrected chi connectivity index (χ1v) is 5.25. The zero-order valence-electron chi connectivity index (χ0n) is 9.70. The third-order valence-corrected chi connectivity index (χ3v) is 2.62.